The van der Waals surface area contributed by atoms with Gasteiger partial charge < -0.3 is 10.0 Å². The molecule has 1 saturated heterocycles. The maximum atomic E-state index is 9.56. The van der Waals surface area contributed by atoms with E-state index in [1.165, 1.54) is 38.8 Å². The Balaban J connectivity index is 1.79. The van der Waals surface area contributed by atoms with E-state index in [4.69, 9.17) is 0 Å². The summed E-state index contributed by atoms with van der Waals surface area (Å²) in [7, 11) is 0. The molecule has 2 fully saturated rings. The van der Waals surface area contributed by atoms with Crippen molar-refractivity contribution >= 4 is 0 Å². The van der Waals surface area contributed by atoms with Crippen LogP contribution in [-0.4, -0.2) is 35.2 Å². The Morgan fingerprint density at radius 3 is 1.88 bits per heavy atom. The van der Waals surface area contributed by atoms with Crippen LogP contribution in [0.4, 0.5) is 0 Å². The first-order valence-electron chi connectivity index (χ1n) is 7.39. The van der Waals surface area contributed by atoms with E-state index in [2.05, 4.69) is 25.7 Å². The Morgan fingerprint density at radius 1 is 0.882 bits per heavy atom. The molecule has 1 heterocycles. The molecule has 0 atom stereocenters. The van der Waals surface area contributed by atoms with Crippen LogP contribution in [0.5, 0.6) is 0 Å². The molecule has 1 saturated carbocycles. The first-order valence-corrected chi connectivity index (χ1v) is 7.39. The van der Waals surface area contributed by atoms with Gasteiger partial charge in [-0.05, 0) is 62.9 Å². The lowest BCUT2D eigenvalue weighted by molar-refractivity contribution is 0.0393. The number of rotatable bonds is 1. The number of hydrogen-bond acceptors (Lipinski definition) is 2. The van der Waals surface area contributed by atoms with Gasteiger partial charge in [-0.25, -0.2) is 0 Å². The van der Waals surface area contributed by atoms with Gasteiger partial charge in [0, 0.05) is 6.04 Å². The minimum atomic E-state index is -0.0154. The van der Waals surface area contributed by atoms with Gasteiger partial charge in [0.1, 0.15) is 0 Å². The third-order valence-corrected chi connectivity index (χ3v) is 4.94. The smallest absolute Gasteiger partial charge is 0.0541 e. The number of aliphatic hydroxyl groups excluding tert-OH is 1. The minimum absolute atomic E-state index is 0.0154. The molecule has 0 aromatic carbocycles. The molecule has 1 N–H and O–H groups in total. The standard InChI is InChI=1S/C15H29NO/c1-15(2,3)12-8-10-16(11-9-12)13-4-6-14(17)7-5-13/h12-14,17H,4-11H2,1-3H3. The molecule has 2 rings (SSSR count). The summed E-state index contributed by atoms with van der Waals surface area (Å²) in [5.41, 5.74) is 0.481. The molecule has 0 aromatic rings. The second-order valence-corrected chi connectivity index (χ2v) is 7.14. The molecule has 2 heteroatoms. The zero-order chi connectivity index (χ0) is 12.5. The Hall–Kier alpha value is -0.0800. The number of likely N-dealkylation sites (tertiary alicyclic amines) is 1. The fourth-order valence-electron chi connectivity index (χ4n) is 3.55. The molecule has 0 radical (unpaired) electrons. The highest BCUT2D eigenvalue weighted by atomic mass is 16.3. The second kappa shape index (κ2) is 5.27. The van der Waals surface area contributed by atoms with E-state index < -0.39 is 0 Å². The zero-order valence-corrected chi connectivity index (χ0v) is 11.8. The maximum Gasteiger partial charge on any atom is 0.0541 e. The van der Waals surface area contributed by atoms with Gasteiger partial charge in [0.15, 0.2) is 0 Å². The van der Waals surface area contributed by atoms with E-state index in [-0.39, 0.29) is 6.10 Å². The van der Waals surface area contributed by atoms with Crippen LogP contribution in [0.25, 0.3) is 0 Å². The van der Waals surface area contributed by atoms with Gasteiger partial charge in [-0.15, -0.1) is 0 Å². The van der Waals surface area contributed by atoms with Crippen molar-refractivity contribution in [2.24, 2.45) is 11.3 Å². The van der Waals surface area contributed by atoms with Crippen LogP contribution in [0.3, 0.4) is 0 Å². The summed E-state index contributed by atoms with van der Waals surface area (Å²) in [6, 6.07) is 0.763. The van der Waals surface area contributed by atoms with Gasteiger partial charge >= 0.3 is 0 Å². The molecule has 0 aromatic heterocycles. The fraction of sp³-hybridized carbons (Fsp3) is 1.00. The van der Waals surface area contributed by atoms with Crippen LogP contribution in [0.2, 0.25) is 0 Å². The van der Waals surface area contributed by atoms with Gasteiger partial charge in [0.2, 0.25) is 0 Å². The van der Waals surface area contributed by atoms with Crippen LogP contribution in [0.1, 0.15) is 59.3 Å². The monoisotopic (exact) mass is 239 g/mol. The van der Waals surface area contributed by atoms with Crippen molar-refractivity contribution in [2.45, 2.75) is 71.4 Å². The van der Waals surface area contributed by atoms with Crippen molar-refractivity contribution < 1.29 is 5.11 Å². The molecule has 1 aliphatic carbocycles. The molecule has 100 valence electrons. The van der Waals surface area contributed by atoms with Crippen molar-refractivity contribution in [3.05, 3.63) is 0 Å². The Morgan fingerprint density at radius 2 is 1.41 bits per heavy atom. The van der Waals surface area contributed by atoms with Gasteiger partial charge in [-0.1, -0.05) is 20.8 Å². The summed E-state index contributed by atoms with van der Waals surface area (Å²) in [5.74, 6) is 0.896. The van der Waals surface area contributed by atoms with Gasteiger partial charge in [-0.2, -0.15) is 0 Å². The summed E-state index contributed by atoms with van der Waals surface area (Å²) in [5, 5.41) is 9.56. The third kappa shape index (κ3) is 3.45. The van der Waals surface area contributed by atoms with Gasteiger partial charge in [-0.3, -0.25) is 0 Å². The quantitative estimate of drug-likeness (QED) is 0.760. The van der Waals surface area contributed by atoms with Crippen LogP contribution in [-0.2, 0) is 0 Å². The summed E-state index contributed by atoms with van der Waals surface area (Å²) in [6.45, 7) is 9.70. The number of piperidine rings is 1. The lowest BCUT2D eigenvalue weighted by Crippen LogP contribution is -2.45. The molecule has 1 aliphatic heterocycles. The van der Waals surface area contributed by atoms with Crippen molar-refractivity contribution in [1.29, 1.82) is 0 Å². The Kier molecular flexibility index (Phi) is 4.14. The molecule has 0 bridgehead atoms. The van der Waals surface area contributed by atoms with E-state index in [1.807, 2.05) is 0 Å². The molecule has 0 amide bonds. The summed E-state index contributed by atoms with van der Waals surface area (Å²) in [6.07, 6.45) is 7.17. The molecular weight excluding hydrogens is 210 g/mol. The van der Waals surface area contributed by atoms with Crippen LogP contribution in [0, 0.1) is 11.3 Å². The molecule has 17 heavy (non-hydrogen) atoms. The predicted octanol–water partition coefficient (Wildman–Crippen LogP) is 3.05. The predicted molar refractivity (Wildman–Crippen MR) is 72.0 cm³/mol. The zero-order valence-electron chi connectivity index (χ0n) is 11.8. The Bertz CT molecular complexity index is 230. The van der Waals surface area contributed by atoms with Crippen molar-refractivity contribution in [3.8, 4) is 0 Å². The van der Waals surface area contributed by atoms with Crippen LogP contribution < -0.4 is 0 Å². The summed E-state index contributed by atoms with van der Waals surface area (Å²) >= 11 is 0. The van der Waals surface area contributed by atoms with Crippen molar-refractivity contribution in [1.82, 2.24) is 4.90 Å². The van der Waals surface area contributed by atoms with Crippen LogP contribution >= 0.6 is 0 Å². The fourth-order valence-corrected chi connectivity index (χ4v) is 3.55. The molecule has 0 spiro atoms. The van der Waals surface area contributed by atoms with E-state index in [0.717, 1.165) is 24.8 Å². The SMILES string of the molecule is CC(C)(C)C1CCN(C2CCC(O)CC2)CC1. The maximum absolute atomic E-state index is 9.56. The van der Waals surface area contributed by atoms with Gasteiger partial charge in [0.05, 0.1) is 6.10 Å². The molecule has 2 nitrogen and oxygen atoms in total. The third-order valence-electron chi connectivity index (χ3n) is 4.94. The highest BCUT2D eigenvalue weighted by Crippen LogP contribution is 2.36. The van der Waals surface area contributed by atoms with Crippen molar-refractivity contribution in [3.63, 3.8) is 0 Å². The van der Waals surface area contributed by atoms with E-state index in [1.54, 1.807) is 0 Å². The second-order valence-electron chi connectivity index (χ2n) is 7.14. The number of aliphatic hydroxyl groups is 1. The van der Waals surface area contributed by atoms with E-state index >= 15 is 0 Å². The normalized spacial score (nSPS) is 33.9. The number of hydrogen-bond donors (Lipinski definition) is 1. The van der Waals surface area contributed by atoms with E-state index in [9.17, 15) is 5.11 Å². The molecular formula is C15H29NO. The molecule has 0 unspecified atom stereocenters. The average Bonchev–Trinajstić information content (AvgIpc) is 2.29. The highest BCUT2D eigenvalue weighted by molar-refractivity contribution is 4.86. The summed E-state index contributed by atoms with van der Waals surface area (Å²) < 4.78 is 0. The highest BCUT2D eigenvalue weighted by Gasteiger charge is 2.32. The largest absolute Gasteiger partial charge is 0.393 e. The van der Waals surface area contributed by atoms with Gasteiger partial charge in [0.25, 0.3) is 0 Å². The minimum Gasteiger partial charge on any atom is -0.393 e. The lowest BCUT2D eigenvalue weighted by Gasteiger charge is -2.43. The first kappa shape index (κ1) is 13.4. The van der Waals surface area contributed by atoms with E-state index in [0.29, 0.717) is 5.41 Å². The topological polar surface area (TPSA) is 23.5 Å². The Labute approximate surface area is 106 Å². The number of nitrogens with zero attached hydrogens (tertiary/aromatic N) is 1. The molecule has 2 aliphatic rings. The lowest BCUT2D eigenvalue weighted by atomic mass is 9.75. The van der Waals surface area contributed by atoms with Crippen LogP contribution in [0.15, 0.2) is 0 Å². The first-order chi connectivity index (χ1) is 7.97. The van der Waals surface area contributed by atoms with Crippen molar-refractivity contribution in [2.75, 3.05) is 13.1 Å². The summed E-state index contributed by atoms with van der Waals surface area (Å²) in [4.78, 5) is 2.69. The average molecular weight is 239 g/mol.